The summed E-state index contributed by atoms with van der Waals surface area (Å²) in [5.41, 5.74) is 0.741. The van der Waals surface area contributed by atoms with Gasteiger partial charge < -0.3 is 10.1 Å². The zero-order valence-corrected chi connectivity index (χ0v) is 10.6. The van der Waals surface area contributed by atoms with E-state index in [1.54, 1.807) is 12.1 Å². The lowest BCUT2D eigenvalue weighted by atomic mass is 10.3. The van der Waals surface area contributed by atoms with Gasteiger partial charge in [0.05, 0.1) is 13.2 Å². The number of aryl methyl sites for hydroxylation is 1. The molecule has 0 bridgehead atoms. The number of hydrogen-bond donors (Lipinski definition) is 1. The van der Waals surface area contributed by atoms with Crippen molar-refractivity contribution in [1.29, 1.82) is 0 Å². The molecule has 0 radical (unpaired) electrons. The van der Waals surface area contributed by atoms with E-state index < -0.39 is 0 Å². The lowest BCUT2D eigenvalue weighted by molar-refractivity contribution is -0.116. The van der Waals surface area contributed by atoms with Gasteiger partial charge in [-0.15, -0.1) is 5.10 Å². The van der Waals surface area contributed by atoms with Crippen LogP contribution in [0.2, 0.25) is 0 Å². The van der Waals surface area contributed by atoms with Crippen LogP contribution in [0.25, 0.3) is 0 Å². The topological polar surface area (TPSA) is 81.9 Å². The first-order chi connectivity index (χ1) is 9.28. The van der Waals surface area contributed by atoms with Crippen LogP contribution in [0.4, 0.5) is 5.69 Å². The molecule has 0 unspecified atom stereocenters. The Bertz CT molecular complexity index is 509. The summed E-state index contributed by atoms with van der Waals surface area (Å²) >= 11 is 0. The summed E-state index contributed by atoms with van der Waals surface area (Å²) in [4.78, 5) is 11.7. The quantitative estimate of drug-likeness (QED) is 0.842. The number of anilines is 1. The number of amides is 1. The third kappa shape index (κ3) is 4.06. The summed E-state index contributed by atoms with van der Waals surface area (Å²) in [7, 11) is 0. The van der Waals surface area contributed by atoms with Crippen molar-refractivity contribution in [2.45, 2.75) is 19.9 Å². The fourth-order valence-electron chi connectivity index (χ4n) is 1.52. The molecule has 0 saturated carbocycles. The highest BCUT2D eigenvalue weighted by atomic mass is 16.5. The van der Waals surface area contributed by atoms with Crippen LogP contribution in [-0.2, 0) is 11.3 Å². The predicted octanol–water partition coefficient (Wildman–Crippen LogP) is 1.10. The van der Waals surface area contributed by atoms with Gasteiger partial charge in [-0.25, -0.2) is 4.68 Å². The maximum atomic E-state index is 11.7. The monoisotopic (exact) mass is 261 g/mol. The number of aromatic nitrogens is 4. The molecule has 2 aromatic rings. The number of hydrogen-bond acceptors (Lipinski definition) is 5. The van der Waals surface area contributed by atoms with Crippen LogP contribution in [-0.4, -0.2) is 32.7 Å². The summed E-state index contributed by atoms with van der Waals surface area (Å²) in [6.45, 7) is 3.00. The number of nitrogens with zero attached hydrogens (tertiary/aromatic N) is 4. The predicted molar refractivity (Wildman–Crippen MR) is 68.7 cm³/mol. The zero-order valence-electron chi connectivity index (χ0n) is 10.6. The Kier molecular flexibility index (Phi) is 4.44. The normalized spacial score (nSPS) is 10.2. The molecular formula is C12H15N5O2. The van der Waals surface area contributed by atoms with E-state index in [1.165, 1.54) is 11.0 Å². The lowest BCUT2D eigenvalue weighted by Crippen LogP contribution is -2.14. The molecule has 1 N–H and O–H groups in total. The number of rotatable bonds is 6. The van der Waals surface area contributed by atoms with E-state index in [1.807, 2.05) is 19.1 Å². The Balaban J connectivity index is 1.81. The third-order valence-electron chi connectivity index (χ3n) is 2.41. The van der Waals surface area contributed by atoms with E-state index in [4.69, 9.17) is 4.74 Å². The molecular weight excluding hydrogens is 246 g/mol. The highest BCUT2D eigenvalue weighted by Gasteiger charge is 2.03. The van der Waals surface area contributed by atoms with Crippen LogP contribution in [0.3, 0.4) is 0 Å². The molecule has 1 heterocycles. The Hall–Kier alpha value is -2.44. The summed E-state index contributed by atoms with van der Waals surface area (Å²) in [5, 5.41) is 13.5. The molecule has 0 aliphatic heterocycles. The van der Waals surface area contributed by atoms with Gasteiger partial charge in [0.25, 0.3) is 0 Å². The van der Waals surface area contributed by atoms with E-state index >= 15 is 0 Å². The second-order valence-corrected chi connectivity index (χ2v) is 3.83. The van der Waals surface area contributed by atoms with E-state index in [0.717, 1.165) is 11.4 Å². The first kappa shape index (κ1) is 13.0. The van der Waals surface area contributed by atoms with Crippen molar-refractivity contribution >= 4 is 11.6 Å². The van der Waals surface area contributed by atoms with Gasteiger partial charge in [0.15, 0.2) is 0 Å². The number of tetrazole rings is 1. The molecule has 1 amide bonds. The van der Waals surface area contributed by atoms with Crippen molar-refractivity contribution in [1.82, 2.24) is 20.2 Å². The Morgan fingerprint density at radius 3 is 2.79 bits per heavy atom. The fraction of sp³-hybridized carbons (Fsp3) is 0.333. The van der Waals surface area contributed by atoms with Gasteiger partial charge >= 0.3 is 0 Å². The number of benzene rings is 1. The van der Waals surface area contributed by atoms with E-state index in [9.17, 15) is 4.79 Å². The molecule has 0 aliphatic carbocycles. The van der Waals surface area contributed by atoms with Gasteiger partial charge in [-0.2, -0.15) is 0 Å². The van der Waals surface area contributed by atoms with Crippen LogP contribution < -0.4 is 10.1 Å². The standard InChI is InChI=1S/C12H15N5O2/c1-2-19-11-5-3-10(4-6-11)14-12(18)7-8-17-9-13-15-16-17/h3-6,9H,2,7-8H2,1H3,(H,14,18). The van der Waals surface area contributed by atoms with Crippen molar-refractivity contribution < 1.29 is 9.53 Å². The van der Waals surface area contributed by atoms with E-state index in [-0.39, 0.29) is 5.91 Å². The van der Waals surface area contributed by atoms with Crippen LogP contribution in [0.1, 0.15) is 13.3 Å². The Morgan fingerprint density at radius 2 is 2.16 bits per heavy atom. The lowest BCUT2D eigenvalue weighted by Gasteiger charge is -2.06. The van der Waals surface area contributed by atoms with Gasteiger partial charge in [-0.05, 0) is 41.6 Å². The van der Waals surface area contributed by atoms with Gasteiger partial charge in [-0.3, -0.25) is 4.79 Å². The van der Waals surface area contributed by atoms with Gasteiger partial charge in [0.1, 0.15) is 12.1 Å². The Morgan fingerprint density at radius 1 is 1.37 bits per heavy atom. The SMILES string of the molecule is CCOc1ccc(NC(=O)CCn2cnnn2)cc1. The van der Waals surface area contributed by atoms with Gasteiger partial charge in [-0.1, -0.05) is 0 Å². The third-order valence-corrected chi connectivity index (χ3v) is 2.41. The van der Waals surface area contributed by atoms with Gasteiger partial charge in [0, 0.05) is 12.1 Å². The fourth-order valence-corrected chi connectivity index (χ4v) is 1.52. The molecule has 7 heteroatoms. The smallest absolute Gasteiger partial charge is 0.226 e. The maximum Gasteiger partial charge on any atom is 0.226 e. The summed E-state index contributed by atoms with van der Waals surface area (Å²) in [6, 6.07) is 7.25. The van der Waals surface area contributed by atoms with Crippen molar-refractivity contribution in [3.63, 3.8) is 0 Å². The highest BCUT2D eigenvalue weighted by molar-refractivity contribution is 5.90. The van der Waals surface area contributed by atoms with Crippen LogP contribution >= 0.6 is 0 Å². The first-order valence-corrected chi connectivity index (χ1v) is 6.01. The zero-order chi connectivity index (χ0) is 13.5. The minimum Gasteiger partial charge on any atom is -0.494 e. The molecule has 0 fully saturated rings. The molecule has 1 aromatic carbocycles. The Labute approximate surface area is 110 Å². The minimum absolute atomic E-state index is 0.0836. The number of ether oxygens (including phenoxy) is 1. The molecule has 1 aromatic heterocycles. The van der Waals surface area contributed by atoms with Crippen molar-refractivity contribution in [2.75, 3.05) is 11.9 Å². The second-order valence-electron chi connectivity index (χ2n) is 3.83. The van der Waals surface area contributed by atoms with Crippen LogP contribution in [0.5, 0.6) is 5.75 Å². The molecule has 7 nitrogen and oxygen atoms in total. The molecule has 0 atom stereocenters. The minimum atomic E-state index is -0.0836. The highest BCUT2D eigenvalue weighted by Crippen LogP contribution is 2.15. The largest absolute Gasteiger partial charge is 0.494 e. The number of nitrogens with one attached hydrogen (secondary N) is 1. The summed E-state index contributed by atoms with van der Waals surface area (Å²) in [6.07, 6.45) is 1.79. The molecule has 0 saturated heterocycles. The molecule has 19 heavy (non-hydrogen) atoms. The van der Waals surface area contributed by atoms with Crippen molar-refractivity contribution in [3.05, 3.63) is 30.6 Å². The van der Waals surface area contributed by atoms with Gasteiger partial charge in [0.2, 0.25) is 5.91 Å². The molecule has 0 aliphatic rings. The van der Waals surface area contributed by atoms with Crippen LogP contribution in [0.15, 0.2) is 30.6 Å². The van der Waals surface area contributed by atoms with Crippen molar-refractivity contribution in [2.24, 2.45) is 0 Å². The number of carbonyl (C=O) groups excluding carboxylic acids is 1. The molecule has 0 spiro atoms. The summed E-state index contributed by atoms with van der Waals surface area (Å²) in [5.74, 6) is 0.703. The van der Waals surface area contributed by atoms with Crippen molar-refractivity contribution in [3.8, 4) is 5.75 Å². The second kappa shape index (κ2) is 6.48. The maximum absolute atomic E-state index is 11.7. The van der Waals surface area contributed by atoms with E-state index in [0.29, 0.717) is 19.6 Å². The average molecular weight is 261 g/mol. The van der Waals surface area contributed by atoms with E-state index in [2.05, 4.69) is 20.8 Å². The molecule has 100 valence electrons. The summed E-state index contributed by atoms with van der Waals surface area (Å²) < 4.78 is 6.84. The average Bonchev–Trinajstić information content (AvgIpc) is 2.92. The number of carbonyl (C=O) groups is 1. The van der Waals surface area contributed by atoms with Crippen LogP contribution in [0, 0.1) is 0 Å². The first-order valence-electron chi connectivity index (χ1n) is 6.01. The molecule has 2 rings (SSSR count).